The molecule has 6 nitrogen and oxygen atoms in total. The summed E-state index contributed by atoms with van der Waals surface area (Å²) in [6, 6.07) is 8.22. The van der Waals surface area contributed by atoms with Crippen LogP contribution in [0.4, 0.5) is 24.8 Å². The Balaban J connectivity index is 1.85. The molecule has 124 valence electrons. The van der Waals surface area contributed by atoms with Gasteiger partial charge in [-0.15, -0.1) is 10.2 Å². The Morgan fingerprint density at radius 3 is 2.58 bits per heavy atom. The first-order chi connectivity index (χ1) is 11.4. The summed E-state index contributed by atoms with van der Waals surface area (Å²) in [5, 5.41) is 9.89. The predicted octanol–water partition coefficient (Wildman–Crippen LogP) is 3.11. The number of benzene rings is 1. The molecule has 0 aliphatic carbocycles. The molecular weight excluding hydrogens is 325 g/mol. The van der Waals surface area contributed by atoms with Crippen LogP contribution >= 0.6 is 0 Å². The van der Waals surface area contributed by atoms with Gasteiger partial charge in [0.05, 0.1) is 23.9 Å². The fourth-order valence-corrected chi connectivity index (χ4v) is 2.08. The highest BCUT2D eigenvalue weighted by Gasteiger charge is 2.33. The van der Waals surface area contributed by atoms with Crippen molar-refractivity contribution < 1.29 is 17.6 Å². The van der Waals surface area contributed by atoms with E-state index in [1.807, 2.05) is 0 Å². The average Bonchev–Trinajstić information content (AvgIpc) is 3.02. The molecule has 2 aromatic heterocycles. The minimum Gasteiger partial charge on any atom is -0.469 e. The van der Waals surface area contributed by atoms with Gasteiger partial charge >= 0.3 is 6.18 Å². The molecule has 0 bridgehead atoms. The quantitative estimate of drug-likeness (QED) is 0.765. The van der Waals surface area contributed by atoms with Crippen molar-refractivity contribution in [3.63, 3.8) is 0 Å². The number of nitrogens with zero attached hydrogens (tertiary/aromatic N) is 2. The number of rotatable bonds is 4. The molecule has 0 saturated heterocycles. The first kappa shape index (κ1) is 15.8. The molecule has 0 spiro atoms. The van der Waals surface area contributed by atoms with Crippen LogP contribution < -0.4 is 10.9 Å². The minimum atomic E-state index is -4.53. The van der Waals surface area contributed by atoms with E-state index < -0.39 is 17.3 Å². The van der Waals surface area contributed by atoms with Gasteiger partial charge in [0.2, 0.25) is 5.95 Å². The number of alkyl halides is 3. The van der Waals surface area contributed by atoms with Gasteiger partial charge in [-0.1, -0.05) is 12.1 Å². The molecule has 2 N–H and O–H groups in total. The Labute approximate surface area is 133 Å². The maximum Gasteiger partial charge on any atom is 0.418 e. The highest BCUT2D eigenvalue weighted by Crippen LogP contribution is 2.35. The summed E-state index contributed by atoms with van der Waals surface area (Å²) < 4.78 is 44.0. The molecular formula is C15H11F3N4O2. The van der Waals surface area contributed by atoms with E-state index in [0.717, 1.165) is 6.07 Å². The summed E-state index contributed by atoms with van der Waals surface area (Å²) >= 11 is 0. The zero-order valence-electron chi connectivity index (χ0n) is 12.1. The van der Waals surface area contributed by atoms with E-state index in [1.165, 1.54) is 24.5 Å². The standard InChI is InChI=1S/C15H11F3N4O2/c16-15(17,18)10-5-1-2-6-11(10)19-14-20-13(23)12(21-22-14)8-9-4-3-7-24-9/h1-7H,8H2,(H2,19,20,22,23). The second kappa shape index (κ2) is 6.19. The fourth-order valence-electron chi connectivity index (χ4n) is 2.08. The third-order valence-electron chi connectivity index (χ3n) is 3.17. The van der Waals surface area contributed by atoms with E-state index in [1.54, 1.807) is 12.1 Å². The number of halogens is 3. The van der Waals surface area contributed by atoms with E-state index in [0.29, 0.717) is 5.76 Å². The number of H-pyrrole nitrogens is 1. The van der Waals surface area contributed by atoms with Crippen molar-refractivity contribution in [2.24, 2.45) is 0 Å². The Hall–Kier alpha value is -3.10. The maximum atomic E-state index is 12.9. The highest BCUT2D eigenvalue weighted by atomic mass is 19.4. The maximum absolute atomic E-state index is 12.9. The van der Waals surface area contributed by atoms with E-state index in [9.17, 15) is 18.0 Å². The van der Waals surface area contributed by atoms with Gasteiger partial charge in [-0.25, -0.2) is 0 Å². The number of hydrogen-bond donors (Lipinski definition) is 2. The highest BCUT2D eigenvalue weighted by molar-refractivity contribution is 5.59. The van der Waals surface area contributed by atoms with Crippen LogP contribution in [0.5, 0.6) is 0 Å². The van der Waals surface area contributed by atoms with Crippen LogP contribution in [0.3, 0.4) is 0 Å². The molecule has 3 aromatic rings. The Morgan fingerprint density at radius 2 is 1.92 bits per heavy atom. The molecule has 24 heavy (non-hydrogen) atoms. The van der Waals surface area contributed by atoms with Crippen molar-refractivity contribution in [1.82, 2.24) is 15.2 Å². The summed E-state index contributed by atoms with van der Waals surface area (Å²) in [5.41, 5.74) is -1.56. The lowest BCUT2D eigenvalue weighted by Gasteiger charge is -2.13. The van der Waals surface area contributed by atoms with Crippen LogP contribution in [0.25, 0.3) is 0 Å². The lowest BCUT2D eigenvalue weighted by Crippen LogP contribution is -2.19. The van der Waals surface area contributed by atoms with Crippen molar-refractivity contribution >= 4 is 11.6 Å². The molecule has 0 fully saturated rings. The third-order valence-corrected chi connectivity index (χ3v) is 3.17. The Morgan fingerprint density at radius 1 is 1.12 bits per heavy atom. The third kappa shape index (κ3) is 3.45. The van der Waals surface area contributed by atoms with Crippen molar-refractivity contribution in [3.8, 4) is 0 Å². The number of para-hydroxylation sites is 1. The van der Waals surface area contributed by atoms with Crippen LogP contribution in [0.1, 0.15) is 17.0 Å². The Kier molecular flexibility index (Phi) is 4.07. The van der Waals surface area contributed by atoms with E-state index in [-0.39, 0.29) is 23.8 Å². The largest absolute Gasteiger partial charge is 0.469 e. The monoisotopic (exact) mass is 336 g/mol. The van der Waals surface area contributed by atoms with Gasteiger partial charge in [0.15, 0.2) is 0 Å². The molecule has 2 heterocycles. The first-order valence-electron chi connectivity index (χ1n) is 6.85. The normalized spacial score (nSPS) is 11.5. The zero-order chi connectivity index (χ0) is 17.2. The van der Waals surface area contributed by atoms with Crippen molar-refractivity contribution in [2.75, 3.05) is 5.32 Å². The molecule has 1 aromatic carbocycles. The molecule has 0 aliphatic rings. The number of furan rings is 1. The van der Waals surface area contributed by atoms with Crippen molar-refractivity contribution in [3.05, 3.63) is 70.0 Å². The second-order valence-corrected chi connectivity index (χ2v) is 4.87. The zero-order valence-corrected chi connectivity index (χ0v) is 12.1. The summed E-state index contributed by atoms with van der Waals surface area (Å²) in [4.78, 5) is 14.3. The van der Waals surface area contributed by atoms with E-state index in [2.05, 4.69) is 20.5 Å². The van der Waals surface area contributed by atoms with Gasteiger partial charge in [-0.2, -0.15) is 13.2 Å². The van der Waals surface area contributed by atoms with Gasteiger partial charge < -0.3 is 9.73 Å². The topological polar surface area (TPSA) is 83.8 Å². The van der Waals surface area contributed by atoms with Gasteiger partial charge in [0.25, 0.3) is 5.56 Å². The van der Waals surface area contributed by atoms with Crippen LogP contribution in [-0.4, -0.2) is 15.2 Å². The molecule has 0 amide bonds. The van der Waals surface area contributed by atoms with Gasteiger partial charge in [0, 0.05) is 0 Å². The van der Waals surface area contributed by atoms with E-state index in [4.69, 9.17) is 4.42 Å². The SMILES string of the molecule is O=c1[nH]c(Nc2ccccc2C(F)(F)F)nnc1Cc1ccco1. The molecule has 0 saturated carbocycles. The Bertz CT molecular complexity index is 888. The van der Waals surface area contributed by atoms with E-state index >= 15 is 0 Å². The average molecular weight is 336 g/mol. The number of nitrogens with one attached hydrogen (secondary N) is 2. The number of aromatic amines is 1. The first-order valence-corrected chi connectivity index (χ1v) is 6.85. The molecule has 0 radical (unpaired) electrons. The molecule has 0 atom stereocenters. The number of anilines is 2. The van der Waals surface area contributed by atoms with Crippen molar-refractivity contribution in [2.45, 2.75) is 12.6 Å². The lowest BCUT2D eigenvalue weighted by molar-refractivity contribution is -0.136. The van der Waals surface area contributed by atoms with Gasteiger partial charge in [0.1, 0.15) is 11.5 Å². The summed E-state index contributed by atoms with van der Waals surface area (Å²) in [6.07, 6.45) is -2.94. The minimum absolute atomic E-state index is 0.0969. The molecule has 3 rings (SSSR count). The van der Waals surface area contributed by atoms with Crippen LogP contribution in [0.15, 0.2) is 51.9 Å². The fraction of sp³-hybridized carbons (Fsp3) is 0.133. The number of aromatic nitrogens is 3. The predicted molar refractivity (Wildman–Crippen MR) is 78.9 cm³/mol. The van der Waals surface area contributed by atoms with Crippen LogP contribution in [0.2, 0.25) is 0 Å². The smallest absolute Gasteiger partial charge is 0.418 e. The molecule has 0 aliphatic heterocycles. The van der Waals surface area contributed by atoms with Crippen LogP contribution in [0, 0.1) is 0 Å². The summed E-state index contributed by atoms with van der Waals surface area (Å²) in [7, 11) is 0. The van der Waals surface area contributed by atoms with Crippen LogP contribution in [-0.2, 0) is 12.6 Å². The van der Waals surface area contributed by atoms with Gasteiger partial charge in [-0.05, 0) is 24.3 Å². The summed E-state index contributed by atoms with van der Waals surface area (Å²) in [6.45, 7) is 0. The second-order valence-electron chi connectivity index (χ2n) is 4.87. The number of hydrogen-bond acceptors (Lipinski definition) is 5. The lowest BCUT2D eigenvalue weighted by atomic mass is 10.1. The molecule has 9 heteroatoms. The molecule has 0 unspecified atom stereocenters. The van der Waals surface area contributed by atoms with Crippen molar-refractivity contribution in [1.29, 1.82) is 0 Å². The summed E-state index contributed by atoms with van der Waals surface area (Å²) in [5.74, 6) is 0.345. The van der Waals surface area contributed by atoms with Gasteiger partial charge in [-0.3, -0.25) is 9.78 Å².